The lowest BCUT2D eigenvalue weighted by Gasteiger charge is -2.04. The lowest BCUT2D eigenvalue weighted by molar-refractivity contribution is 0.0961. The second-order valence-electron chi connectivity index (χ2n) is 4.33. The first-order chi connectivity index (χ1) is 9.58. The summed E-state index contributed by atoms with van der Waals surface area (Å²) in [5, 5.41) is 0.300. The predicted octanol–water partition coefficient (Wildman–Crippen LogP) is 2.25. The number of anilines is 1. The summed E-state index contributed by atoms with van der Waals surface area (Å²) in [7, 11) is 0. The standard InChI is InChI=1S/C14H10ClN3O2/c15-10-4-2-1-3-9(10)13(19)18-12-6-5-8(16)7-11(12)17-14(18)20/h1-7H,16H2,(H,17,20). The molecule has 1 aromatic heterocycles. The van der Waals surface area contributed by atoms with Crippen molar-refractivity contribution in [2.24, 2.45) is 0 Å². The van der Waals surface area contributed by atoms with Crippen LogP contribution in [0.2, 0.25) is 5.02 Å². The molecule has 0 amide bonds. The SMILES string of the molecule is Nc1ccc2c(c1)[nH]c(=O)n2C(=O)c1ccccc1Cl. The number of nitrogens with two attached hydrogens (primary N) is 1. The number of fused-ring (bicyclic) bond motifs is 1. The van der Waals surface area contributed by atoms with Crippen LogP contribution in [0.4, 0.5) is 5.69 Å². The number of benzene rings is 2. The molecule has 0 radical (unpaired) electrons. The maximum absolute atomic E-state index is 12.5. The molecule has 0 bridgehead atoms. The number of carbonyl (C=O) groups excluding carboxylic acids is 1. The van der Waals surface area contributed by atoms with E-state index in [1.165, 1.54) is 0 Å². The second kappa shape index (κ2) is 4.54. The molecule has 0 aliphatic carbocycles. The van der Waals surface area contributed by atoms with Crippen molar-refractivity contribution in [3.63, 3.8) is 0 Å². The number of aromatic nitrogens is 2. The van der Waals surface area contributed by atoms with Crippen LogP contribution in [-0.4, -0.2) is 15.5 Å². The number of rotatable bonds is 1. The molecule has 3 N–H and O–H groups in total. The average molecular weight is 288 g/mol. The quantitative estimate of drug-likeness (QED) is 0.674. The second-order valence-corrected chi connectivity index (χ2v) is 4.73. The van der Waals surface area contributed by atoms with Crippen LogP contribution in [0.3, 0.4) is 0 Å². The van der Waals surface area contributed by atoms with Gasteiger partial charge in [-0.25, -0.2) is 9.36 Å². The minimum Gasteiger partial charge on any atom is -0.399 e. The van der Waals surface area contributed by atoms with Crippen molar-refractivity contribution in [2.45, 2.75) is 0 Å². The molecule has 0 unspecified atom stereocenters. The van der Waals surface area contributed by atoms with Gasteiger partial charge >= 0.3 is 5.69 Å². The zero-order valence-corrected chi connectivity index (χ0v) is 11.0. The minimum absolute atomic E-state index is 0.272. The molecule has 0 aliphatic rings. The van der Waals surface area contributed by atoms with Gasteiger partial charge in [-0.1, -0.05) is 23.7 Å². The first-order valence-electron chi connectivity index (χ1n) is 5.87. The molecule has 3 aromatic rings. The molecular weight excluding hydrogens is 278 g/mol. The van der Waals surface area contributed by atoms with Crippen LogP contribution in [0.5, 0.6) is 0 Å². The lowest BCUT2D eigenvalue weighted by atomic mass is 10.2. The number of hydrogen-bond donors (Lipinski definition) is 2. The summed E-state index contributed by atoms with van der Waals surface area (Å²) in [6, 6.07) is 11.4. The molecule has 0 saturated carbocycles. The van der Waals surface area contributed by atoms with E-state index in [-0.39, 0.29) is 5.56 Å². The Bertz CT molecular complexity index is 880. The normalized spacial score (nSPS) is 10.8. The smallest absolute Gasteiger partial charge is 0.333 e. The van der Waals surface area contributed by atoms with Crippen LogP contribution >= 0.6 is 11.6 Å². The van der Waals surface area contributed by atoms with Crippen molar-refractivity contribution in [3.8, 4) is 0 Å². The van der Waals surface area contributed by atoms with E-state index in [0.29, 0.717) is 21.7 Å². The van der Waals surface area contributed by atoms with Crippen LogP contribution < -0.4 is 11.4 Å². The van der Waals surface area contributed by atoms with E-state index in [0.717, 1.165) is 4.57 Å². The van der Waals surface area contributed by atoms with Gasteiger partial charge in [0.2, 0.25) is 0 Å². The third kappa shape index (κ3) is 1.88. The Morgan fingerprint density at radius 1 is 1.20 bits per heavy atom. The third-order valence-electron chi connectivity index (χ3n) is 3.01. The molecule has 0 spiro atoms. The van der Waals surface area contributed by atoms with Gasteiger partial charge in [-0.05, 0) is 30.3 Å². The summed E-state index contributed by atoms with van der Waals surface area (Å²) in [6.07, 6.45) is 0. The number of nitrogens with zero attached hydrogens (tertiary/aromatic N) is 1. The maximum Gasteiger partial charge on any atom is 0.333 e. The van der Waals surface area contributed by atoms with Crippen LogP contribution in [-0.2, 0) is 0 Å². The van der Waals surface area contributed by atoms with Gasteiger partial charge in [0, 0.05) is 5.69 Å². The molecule has 6 heteroatoms. The number of hydrogen-bond acceptors (Lipinski definition) is 3. The molecule has 1 heterocycles. The summed E-state index contributed by atoms with van der Waals surface area (Å²) < 4.78 is 1.05. The molecule has 100 valence electrons. The van der Waals surface area contributed by atoms with Crippen LogP contribution in [0, 0.1) is 0 Å². The molecule has 3 rings (SSSR count). The highest BCUT2D eigenvalue weighted by atomic mass is 35.5. The molecule has 0 fully saturated rings. The lowest BCUT2D eigenvalue weighted by Crippen LogP contribution is -2.25. The van der Waals surface area contributed by atoms with E-state index >= 15 is 0 Å². The van der Waals surface area contributed by atoms with Gasteiger partial charge in [0.25, 0.3) is 5.91 Å². The number of nitrogen functional groups attached to an aromatic ring is 1. The van der Waals surface area contributed by atoms with E-state index in [1.807, 2.05) is 0 Å². The number of halogens is 1. The highest BCUT2D eigenvalue weighted by molar-refractivity contribution is 6.34. The first kappa shape index (κ1) is 12.5. The van der Waals surface area contributed by atoms with Crippen LogP contribution in [0.15, 0.2) is 47.3 Å². The summed E-state index contributed by atoms with van der Waals surface area (Å²) in [4.78, 5) is 27.1. The van der Waals surface area contributed by atoms with Gasteiger partial charge in [-0.2, -0.15) is 0 Å². The van der Waals surface area contributed by atoms with Gasteiger partial charge in [0.15, 0.2) is 0 Å². The van der Waals surface area contributed by atoms with Crippen molar-refractivity contribution >= 4 is 34.2 Å². The summed E-state index contributed by atoms with van der Waals surface area (Å²) >= 11 is 6.00. The number of nitrogens with one attached hydrogen (secondary N) is 1. The van der Waals surface area contributed by atoms with Crippen molar-refractivity contribution in [1.82, 2.24) is 9.55 Å². The fourth-order valence-electron chi connectivity index (χ4n) is 2.09. The molecular formula is C14H10ClN3O2. The third-order valence-corrected chi connectivity index (χ3v) is 3.34. The minimum atomic E-state index is -0.518. The Balaban J connectivity index is 2.25. The van der Waals surface area contributed by atoms with Crippen molar-refractivity contribution in [3.05, 3.63) is 63.5 Å². The highest BCUT2D eigenvalue weighted by Crippen LogP contribution is 2.19. The monoisotopic (exact) mass is 287 g/mol. The number of H-pyrrole nitrogens is 1. The summed E-state index contributed by atoms with van der Waals surface area (Å²) in [6.45, 7) is 0. The van der Waals surface area contributed by atoms with Crippen LogP contribution in [0.25, 0.3) is 11.0 Å². The van der Waals surface area contributed by atoms with Gasteiger partial charge < -0.3 is 10.7 Å². The fraction of sp³-hybridized carbons (Fsp3) is 0. The average Bonchev–Trinajstić information content (AvgIpc) is 2.73. The Hall–Kier alpha value is -2.53. The Morgan fingerprint density at radius 2 is 1.95 bits per heavy atom. The van der Waals surface area contributed by atoms with Crippen LogP contribution in [0.1, 0.15) is 10.4 Å². The van der Waals surface area contributed by atoms with Gasteiger partial charge in [-0.15, -0.1) is 0 Å². The van der Waals surface area contributed by atoms with Crippen molar-refractivity contribution < 1.29 is 4.79 Å². The van der Waals surface area contributed by atoms with E-state index < -0.39 is 11.6 Å². The Morgan fingerprint density at radius 3 is 2.70 bits per heavy atom. The van der Waals surface area contributed by atoms with Crippen molar-refractivity contribution in [1.29, 1.82) is 0 Å². The molecule has 0 saturated heterocycles. The zero-order chi connectivity index (χ0) is 14.3. The predicted molar refractivity (Wildman–Crippen MR) is 78.2 cm³/mol. The zero-order valence-electron chi connectivity index (χ0n) is 10.3. The van der Waals surface area contributed by atoms with Gasteiger partial charge in [0.05, 0.1) is 21.6 Å². The van der Waals surface area contributed by atoms with E-state index in [2.05, 4.69) is 4.98 Å². The number of carbonyl (C=O) groups is 1. The molecule has 0 aliphatic heterocycles. The summed E-state index contributed by atoms with van der Waals surface area (Å²) in [5.41, 5.74) is 6.90. The topological polar surface area (TPSA) is 80.9 Å². The van der Waals surface area contributed by atoms with Gasteiger partial charge in [-0.3, -0.25) is 4.79 Å². The maximum atomic E-state index is 12.5. The highest BCUT2D eigenvalue weighted by Gasteiger charge is 2.17. The largest absolute Gasteiger partial charge is 0.399 e. The first-order valence-corrected chi connectivity index (χ1v) is 6.25. The van der Waals surface area contributed by atoms with E-state index in [1.54, 1.807) is 42.5 Å². The molecule has 2 aromatic carbocycles. The van der Waals surface area contributed by atoms with E-state index in [9.17, 15) is 9.59 Å². The number of imidazole rings is 1. The van der Waals surface area contributed by atoms with E-state index in [4.69, 9.17) is 17.3 Å². The molecule has 20 heavy (non-hydrogen) atoms. The number of aromatic amines is 1. The Labute approximate surface area is 118 Å². The Kier molecular flexibility index (Phi) is 2.84. The van der Waals surface area contributed by atoms with Crippen molar-refractivity contribution in [2.75, 3.05) is 5.73 Å². The molecule has 0 atom stereocenters. The van der Waals surface area contributed by atoms with Gasteiger partial charge in [0.1, 0.15) is 0 Å². The fourth-order valence-corrected chi connectivity index (χ4v) is 2.30. The molecule has 5 nitrogen and oxygen atoms in total. The summed E-state index contributed by atoms with van der Waals surface area (Å²) in [5.74, 6) is -0.475.